The summed E-state index contributed by atoms with van der Waals surface area (Å²) in [6.45, 7) is 7.60. The van der Waals surface area contributed by atoms with Gasteiger partial charge < -0.3 is 0 Å². The Morgan fingerprint density at radius 1 is 1.24 bits per heavy atom. The molecule has 5 nitrogen and oxygen atoms in total. The van der Waals surface area contributed by atoms with E-state index in [1.807, 2.05) is 20.8 Å². The van der Waals surface area contributed by atoms with Crippen molar-refractivity contribution in [1.29, 1.82) is 0 Å². The topological polar surface area (TPSA) is 80.3 Å². The maximum atomic E-state index is 12.0. The molecule has 1 heterocycles. The molecule has 1 aromatic heterocycles. The van der Waals surface area contributed by atoms with Crippen LogP contribution >= 0.6 is 22.0 Å². The second-order valence-electron chi connectivity index (χ2n) is 6.06. The maximum Gasteiger partial charge on any atom is 0.270 e. The minimum absolute atomic E-state index is 0.0138. The van der Waals surface area contributed by atoms with Gasteiger partial charge in [0, 0.05) is 15.6 Å². The van der Waals surface area contributed by atoms with E-state index >= 15 is 0 Å². The molecule has 0 saturated carbocycles. The van der Waals surface area contributed by atoms with E-state index < -0.39 is 25.1 Å². The van der Waals surface area contributed by atoms with Gasteiger partial charge >= 0.3 is 0 Å². The van der Waals surface area contributed by atoms with Gasteiger partial charge in [-0.25, -0.2) is 21.6 Å². The zero-order valence-corrected chi connectivity index (χ0v) is 15.6. The molecule has 1 atom stereocenters. The molecule has 21 heavy (non-hydrogen) atoms. The summed E-state index contributed by atoms with van der Waals surface area (Å²) in [4.78, 5) is 0.605. The molecule has 1 N–H and O–H groups in total. The Balaban J connectivity index is 2.77. The molecule has 0 amide bonds. The SMILES string of the molecule is CC(NS(=O)(=O)CCC(C)(C)C)c1ccc(S(=O)(=O)Cl)s1. The summed E-state index contributed by atoms with van der Waals surface area (Å²) in [5.41, 5.74) is -0.0687. The van der Waals surface area contributed by atoms with Crippen LogP contribution < -0.4 is 4.72 Å². The molecule has 1 unspecified atom stereocenters. The minimum atomic E-state index is -3.78. The number of nitrogens with one attached hydrogen (secondary N) is 1. The van der Waals surface area contributed by atoms with Crippen molar-refractivity contribution in [3.63, 3.8) is 0 Å². The Labute approximate surface area is 135 Å². The second kappa shape index (κ2) is 6.54. The van der Waals surface area contributed by atoms with E-state index in [1.165, 1.54) is 6.07 Å². The highest BCUT2D eigenvalue weighted by molar-refractivity contribution is 8.15. The molecule has 0 aromatic carbocycles. The summed E-state index contributed by atoms with van der Waals surface area (Å²) in [7, 11) is -1.94. The number of sulfonamides is 1. The van der Waals surface area contributed by atoms with Crippen molar-refractivity contribution in [2.45, 2.75) is 44.4 Å². The number of rotatable bonds is 6. The van der Waals surface area contributed by atoms with Gasteiger partial charge in [-0.05, 0) is 30.9 Å². The summed E-state index contributed by atoms with van der Waals surface area (Å²) >= 11 is 0.965. The van der Waals surface area contributed by atoms with Gasteiger partial charge in [0.05, 0.1) is 11.8 Å². The number of halogens is 1. The molecular weight excluding hydrogens is 354 g/mol. The lowest BCUT2D eigenvalue weighted by molar-refractivity contribution is 0.396. The van der Waals surface area contributed by atoms with Crippen LogP contribution in [0.25, 0.3) is 0 Å². The van der Waals surface area contributed by atoms with E-state index in [4.69, 9.17) is 10.7 Å². The van der Waals surface area contributed by atoms with E-state index in [1.54, 1.807) is 13.0 Å². The van der Waals surface area contributed by atoms with Crippen LogP contribution in [0.5, 0.6) is 0 Å². The van der Waals surface area contributed by atoms with Crippen LogP contribution in [0.15, 0.2) is 16.3 Å². The molecule has 0 fully saturated rings. The Hall–Kier alpha value is -0.150. The first-order valence-corrected chi connectivity index (χ1v) is 11.1. The van der Waals surface area contributed by atoms with Gasteiger partial charge in [-0.15, -0.1) is 11.3 Å². The number of thiophene rings is 1. The Morgan fingerprint density at radius 2 is 1.81 bits per heavy atom. The fourth-order valence-corrected chi connectivity index (χ4v) is 5.36. The Kier molecular flexibility index (Phi) is 5.88. The van der Waals surface area contributed by atoms with Gasteiger partial charge in [-0.3, -0.25) is 0 Å². The van der Waals surface area contributed by atoms with Crippen molar-refractivity contribution in [3.8, 4) is 0 Å². The molecule has 1 aromatic rings. The van der Waals surface area contributed by atoms with Gasteiger partial charge in [0.25, 0.3) is 9.05 Å². The predicted molar refractivity (Wildman–Crippen MR) is 86.8 cm³/mol. The van der Waals surface area contributed by atoms with Crippen LogP contribution in [-0.4, -0.2) is 22.6 Å². The zero-order valence-electron chi connectivity index (χ0n) is 12.4. The molecule has 0 bridgehead atoms. The average Bonchev–Trinajstić information content (AvgIpc) is 2.74. The molecule has 0 saturated heterocycles. The van der Waals surface area contributed by atoms with Gasteiger partial charge in [0.15, 0.2) is 0 Å². The largest absolute Gasteiger partial charge is 0.270 e. The highest BCUT2D eigenvalue weighted by Gasteiger charge is 2.22. The third kappa shape index (κ3) is 6.65. The predicted octanol–water partition coefficient (Wildman–Crippen LogP) is 3.09. The van der Waals surface area contributed by atoms with E-state index in [9.17, 15) is 16.8 Å². The van der Waals surface area contributed by atoms with Gasteiger partial charge in [-0.2, -0.15) is 0 Å². The Morgan fingerprint density at radius 3 is 2.24 bits per heavy atom. The summed E-state index contributed by atoms with van der Waals surface area (Å²) < 4.78 is 49.0. The van der Waals surface area contributed by atoms with E-state index in [-0.39, 0.29) is 15.4 Å². The number of hydrogen-bond donors (Lipinski definition) is 1. The van der Waals surface area contributed by atoms with Crippen molar-refractivity contribution in [3.05, 3.63) is 17.0 Å². The minimum Gasteiger partial charge on any atom is -0.212 e. The van der Waals surface area contributed by atoms with Crippen LogP contribution in [0.1, 0.15) is 45.0 Å². The molecule has 0 spiro atoms. The fourth-order valence-electron chi connectivity index (χ4n) is 1.53. The van der Waals surface area contributed by atoms with E-state index in [2.05, 4.69) is 4.72 Å². The van der Waals surface area contributed by atoms with Crippen LogP contribution in [0.4, 0.5) is 0 Å². The van der Waals surface area contributed by atoms with E-state index in [0.29, 0.717) is 11.3 Å². The smallest absolute Gasteiger partial charge is 0.212 e. The van der Waals surface area contributed by atoms with Crippen LogP contribution in [-0.2, 0) is 19.1 Å². The molecular formula is C12H20ClNO4S3. The van der Waals surface area contributed by atoms with Crippen molar-refractivity contribution in [1.82, 2.24) is 4.72 Å². The van der Waals surface area contributed by atoms with Gasteiger partial charge in [0.1, 0.15) is 4.21 Å². The fraction of sp³-hybridized carbons (Fsp3) is 0.667. The zero-order chi connectivity index (χ0) is 16.5. The second-order valence-corrected chi connectivity index (χ2v) is 11.8. The van der Waals surface area contributed by atoms with Crippen molar-refractivity contribution >= 4 is 41.1 Å². The third-order valence-electron chi connectivity index (χ3n) is 2.75. The first-order chi connectivity index (χ1) is 9.30. The summed E-state index contributed by atoms with van der Waals surface area (Å²) in [6.07, 6.45) is 0.542. The van der Waals surface area contributed by atoms with Crippen LogP contribution in [0.2, 0.25) is 0 Å². The average molecular weight is 374 g/mol. The molecule has 9 heteroatoms. The van der Waals surface area contributed by atoms with Gasteiger partial charge in [-0.1, -0.05) is 20.8 Å². The lowest BCUT2D eigenvalue weighted by atomic mass is 9.94. The van der Waals surface area contributed by atoms with Crippen molar-refractivity contribution in [2.24, 2.45) is 5.41 Å². The summed E-state index contributed by atoms with van der Waals surface area (Å²) in [6, 6.07) is 2.45. The summed E-state index contributed by atoms with van der Waals surface area (Å²) in [5, 5.41) is 0. The van der Waals surface area contributed by atoms with Crippen molar-refractivity contribution < 1.29 is 16.8 Å². The number of hydrogen-bond acceptors (Lipinski definition) is 5. The molecule has 122 valence electrons. The first kappa shape index (κ1) is 18.9. The van der Waals surface area contributed by atoms with Gasteiger partial charge in [0.2, 0.25) is 10.0 Å². The quantitative estimate of drug-likeness (QED) is 0.777. The molecule has 0 aliphatic heterocycles. The monoisotopic (exact) mass is 373 g/mol. The normalized spacial score (nSPS) is 15.1. The lowest BCUT2D eigenvalue weighted by Gasteiger charge is -2.19. The first-order valence-electron chi connectivity index (χ1n) is 6.35. The Bertz CT molecular complexity index is 686. The third-order valence-corrected chi connectivity index (χ3v) is 7.56. The molecule has 0 aliphatic carbocycles. The van der Waals surface area contributed by atoms with Crippen LogP contribution in [0, 0.1) is 5.41 Å². The highest BCUT2D eigenvalue weighted by Crippen LogP contribution is 2.29. The lowest BCUT2D eigenvalue weighted by Crippen LogP contribution is -2.30. The molecule has 0 aliphatic rings. The molecule has 0 radical (unpaired) electrons. The summed E-state index contributed by atoms with van der Waals surface area (Å²) in [5.74, 6) is 0.0346. The van der Waals surface area contributed by atoms with E-state index in [0.717, 1.165) is 11.3 Å². The highest BCUT2D eigenvalue weighted by atomic mass is 35.7. The van der Waals surface area contributed by atoms with Crippen molar-refractivity contribution in [2.75, 3.05) is 5.75 Å². The standard InChI is InChI=1S/C12H20ClNO4S3/c1-9(10-5-6-11(19-10)21(13,17)18)14-20(15,16)8-7-12(2,3)4/h5-6,9,14H,7-8H2,1-4H3. The van der Waals surface area contributed by atoms with Crippen LogP contribution in [0.3, 0.4) is 0 Å². The maximum absolute atomic E-state index is 12.0. The molecule has 1 rings (SSSR count).